The van der Waals surface area contributed by atoms with E-state index < -0.39 is 23.9 Å². The van der Waals surface area contributed by atoms with E-state index in [-0.39, 0.29) is 77.9 Å². The standard InChI is InChI=1S/C33H45N3O9/c1-5-42-30(38)21-35(22-31(39)43-6-2)19-27-16-26(14-15-29(37)18-25-12-10-9-11-13-25)17-28(34-27)20-36(23-32(40)44-7-3)24-33(41)45-8-4/h9-13,16-17H,5-8,14-15,18-24H2,1-4H3. The maximum atomic E-state index is 12.8. The average Bonchev–Trinajstić information content (AvgIpc) is 2.97. The molecule has 0 aliphatic carbocycles. The molecule has 1 aromatic heterocycles. The molecule has 246 valence electrons. The zero-order chi connectivity index (χ0) is 33.0. The molecule has 0 unspecified atom stereocenters. The van der Waals surface area contributed by atoms with E-state index in [1.807, 2.05) is 42.5 Å². The fraction of sp³-hybridized carbons (Fsp3) is 0.515. The number of pyridine rings is 1. The summed E-state index contributed by atoms with van der Waals surface area (Å²) in [5.41, 5.74) is 2.79. The van der Waals surface area contributed by atoms with Gasteiger partial charge in [0.2, 0.25) is 0 Å². The van der Waals surface area contributed by atoms with Crippen molar-refractivity contribution in [2.24, 2.45) is 0 Å². The molecular weight excluding hydrogens is 582 g/mol. The Morgan fingerprint density at radius 3 is 1.38 bits per heavy atom. The van der Waals surface area contributed by atoms with Crippen molar-refractivity contribution >= 4 is 29.7 Å². The van der Waals surface area contributed by atoms with Gasteiger partial charge in [-0.25, -0.2) is 0 Å². The van der Waals surface area contributed by atoms with Gasteiger partial charge in [0.25, 0.3) is 0 Å². The predicted molar refractivity (Wildman–Crippen MR) is 165 cm³/mol. The summed E-state index contributed by atoms with van der Waals surface area (Å²) in [6, 6.07) is 13.1. The quantitative estimate of drug-likeness (QED) is 0.148. The molecule has 1 aromatic carbocycles. The second-order valence-electron chi connectivity index (χ2n) is 10.2. The van der Waals surface area contributed by atoms with Crippen LogP contribution in [0.15, 0.2) is 42.5 Å². The number of benzene rings is 1. The van der Waals surface area contributed by atoms with Crippen LogP contribution in [0.2, 0.25) is 0 Å². The molecule has 0 aliphatic rings. The van der Waals surface area contributed by atoms with Crippen molar-refractivity contribution in [1.82, 2.24) is 14.8 Å². The fourth-order valence-corrected chi connectivity index (χ4v) is 4.57. The van der Waals surface area contributed by atoms with E-state index in [2.05, 4.69) is 0 Å². The van der Waals surface area contributed by atoms with Crippen LogP contribution in [0.3, 0.4) is 0 Å². The largest absolute Gasteiger partial charge is 0.465 e. The van der Waals surface area contributed by atoms with Crippen LogP contribution in [-0.4, -0.2) is 97.1 Å². The first-order valence-corrected chi connectivity index (χ1v) is 15.3. The van der Waals surface area contributed by atoms with Gasteiger partial charge < -0.3 is 18.9 Å². The van der Waals surface area contributed by atoms with Gasteiger partial charge in [0.05, 0.1) is 64.0 Å². The number of aryl methyl sites for hydroxylation is 1. The van der Waals surface area contributed by atoms with Crippen molar-refractivity contribution in [3.05, 3.63) is 65.0 Å². The second kappa shape index (κ2) is 20.7. The molecule has 0 saturated carbocycles. The van der Waals surface area contributed by atoms with Crippen LogP contribution < -0.4 is 0 Å². The first-order valence-electron chi connectivity index (χ1n) is 15.3. The van der Waals surface area contributed by atoms with E-state index in [4.69, 9.17) is 23.9 Å². The van der Waals surface area contributed by atoms with Crippen LogP contribution in [0.1, 0.15) is 56.6 Å². The number of ketones is 1. The van der Waals surface area contributed by atoms with Crippen LogP contribution in [-0.2, 0) is 68.9 Å². The molecule has 0 N–H and O–H groups in total. The van der Waals surface area contributed by atoms with Crippen LogP contribution in [0.4, 0.5) is 0 Å². The van der Waals surface area contributed by atoms with Crippen molar-refractivity contribution in [3.63, 3.8) is 0 Å². The fourth-order valence-electron chi connectivity index (χ4n) is 4.57. The molecule has 12 nitrogen and oxygen atoms in total. The van der Waals surface area contributed by atoms with E-state index in [0.29, 0.717) is 24.2 Å². The Hall–Kier alpha value is -4.16. The second-order valence-corrected chi connectivity index (χ2v) is 10.2. The van der Waals surface area contributed by atoms with Crippen LogP contribution in [0, 0.1) is 0 Å². The number of carbonyl (C=O) groups is 5. The van der Waals surface area contributed by atoms with Crippen molar-refractivity contribution in [2.75, 3.05) is 52.6 Å². The smallest absolute Gasteiger partial charge is 0.320 e. The highest BCUT2D eigenvalue weighted by molar-refractivity contribution is 5.81. The highest BCUT2D eigenvalue weighted by atomic mass is 16.5. The Labute approximate surface area is 265 Å². The average molecular weight is 628 g/mol. The Balaban J connectivity index is 2.37. The number of carbonyl (C=O) groups excluding carboxylic acids is 5. The topological polar surface area (TPSA) is 142 Å². The van der Waals surface area contributed by atoms with Crippen LogP contribution in [0.5, 0.6) is 0 Å². The van der Waals surface area contributed by atoms with Gasteiger partial charge in [-0.15, -0.1) is 0 Å². The molecule has 0 aliphatic heterocycles. The first kappa shape index (κ1) is 37.0. The summed E-state index contributed by atoms with van der Waals surface area (Å²) in [5, 5.41) is 0. The number of Topliss-reactive ketones (excluding diaryl/α,β-unsaturated/α-hetero) is 1. The summed E-state index contributed by atoms with van der Waals surface area (Å²) < 4.78 is 20.4. The normalized spacial score (nSPS) is 10.9. The van der Waals surface area contributed by atoms with Gasteiger partial charge in [0, 0.05) is 25.9 Å². The number of aromatic nitrogens is 1. The molecular formula is C33H45N3O9. The Morgan fingerprint density at radius 2 is 1.00 bits per heavy atom. The van der Waals surface area contributed by atoms with Gasteiger partial charge in [0.1, 0.15) is 5.78 Å². The minimum absolute atomic E-state index is 0.0682. The summed E-state index contributed by atoms with van der Waals surface area (Å²) in [6.07, 6.45) is 1.01. The summed E-state index contributed by atoms with van der Waals surface area (Å²) in [6.45, 7) is 7.10. The lowest BCUT2D eigenvalue weighted by Crippen LogP contribution is -2.37. The maximum Gasteiger partial charge on any atom is 0.320 e. The SMILES string of the molecule is CCOC(=O)CN(CC(=O)OCC)Cc1cc(CCC(=O)Cc2ccccc2)cc(CN(CC(=O)OCC)CC(=O)OCC)n1. The molecule has 0 radical (unpaired) electrons. The Kier molecular flexibility index (Phi) is 17.1. The van der Waals surface area contributed by atoms with E-state index in [1.54, 1.807) is 37.5 Å². The number of nitrogens with zero attached hydrogens (tertiary/aromatic N) is 3. The van der Waals surface area contributed by atoms with E-state index in [1.165, 1.54) is 0 Å². The van der Waals surface area contributed by atoms with Crippen LogP contribution in [0.25, 0.3) is 0 Å². The Morgan fingerprint density at radius 1 is 0.600 bits per heavy atom. The molecule has 0 fully saturated rings. The van der Waals surface area contributed by atoms with Gasteiger partial charge >= 0.3 is 23.9 Å². The molecule has 45 heavy (non-hydrogen) atoms. The molecule has 2 rings (SSSR count). The van der Waals surface area contributed by atoms with E-state index >= 15 is 0 Å². The van der Waals surface area contributed by atoms with Crippen molar-refractivity contribution in [3.8, 4) is 0 Å². The minimum atomic E-state index is -0.500. The minimum Gasteiger partial charge on any atom is -0.465 e. The van der Waals surface area contributed by atoms with Gasteiger partial charge in [0.15, 0.2) is 0 Å². The molecule has 2 aromatic rings. The lowest BCUT2D eigenvalue weighted by atomic mass is 10.0. The molecule has 0 saturated heterocycles. The number of rotatable bonds is 21. The molecule has 12 heteroatoms. The van der Waals surface area contributed by atoms with Gasteiger partial charge in [-0.2, -0.15) is 0 Å². The number of hydrogen-bond acceptors (Lipinski definition) is 12. The summed E-state index contributed by atoms with van der Waals surface area (Å²) in [7, 11) is 0. The molecule has 1 heterocycles. The third kappa shape index (κ3) is 15.4. The van der Waals surface area contributed by atoms with Crippen LogP contribution >= 0.6 is 0 Å². The van der Waals surface area contributed by atoms with E-state index in [9.17, 15) is 24.0 Å². The Bertz CT molecular complexity index is 1150. The molecule has 0 bridgehead atoms. The van der Waals surface area contributed by atoms with Gasteiger partial charge in [-0.3, -0.25) is 38.8 Å². The lowest BCUT2D eigenvalue weighted by Gasteiger charge is -2.22. The van der Waals surface area contributed by atoms with Crippen molar-refractivity contribution in [1.29, 1.82) is 0 Å². The monoisotopic (exact) mass is 627 g/mol. The molecule has 0 atom stereocenters. The number of esters is 4. The van der Waals surface area contributed by atoms with E-state index in [0.717, 1.165) is 11.1 Å². The number of hydrogen-bond donors (Lipinski definition) is 0. The summed E-state index contributed by atoms with van der Waals surface area (Å²) in [5.74, 6) is -1.93. The third-order valence-electron chi connectivity index (χ3n) is 6.33. The van der Waals surface area contributed by atoms with Gasteiger partial charge in [-0.1, -0.05) is 30.3 Å². The number of ether oxygens (including phenoxy) is 4. The van der Waals surface area contributed by atoms with Crippen molar-refractivity contribution < 1.29 is 42.9 Å². The van der Waals surface area contributed by atoms with Crippen molar-refractivity contribution in [2.45, 2.75) is 60.0 Å². The molecule has 0 amide bonds. The molecule has 0 spiro atoms. The first-order chi connectivity index (χ1) is 21.6. The highest BCUT2D eigenvalue weighted by Gasteiger charge is 2.21. The van der Waals surface area contributed by atoms with Gasteiger partial charge in [-0.05, 0) is 57.4 Å². The highest BCUT2D eigenvalue weighted by Crippen LogP contribution is 2.15. The summed E-state index contributed by atoms with van der Waals surface area (Å²) >= 11 is 0. The maximum absolute atomic E-state index is 12.8. The predicted octanol–water partition coefficient (Wildman–Crippen LogP) is 2.68. The third-order valence-corrected chi connectivity index (χ3v) is 6.33. The zero-order valence-electron chi connectivity index (χ0n) is 26.7. The lowest BCUT2D eigenvalue weighted by molar-refractivity contribution is -0.150. The zero-order valence-corrected chi connectivity index (χ0v) is 26.7. The summed E-state index contributed by atoms with van der Waals surface area (Å²) in [4.78, 5) is 70.0.